The van der Waals surface area contributed by atoms with E-state index in [2.05, 4.69) is 20.3 Å². The minimum atomic E-state index is -0.403. The fourth-order valence-corrected chi connectivity index (χ4v) is 1.82. The van der Waals surface area contributed by atoms with E-state index in [0.29, 0.717) is 18.7 Å². The molecule has 0 saturated heterocycles. The quantitative estimate of drug-likeness (QED) is 0.899. The lowest BCUT2D eigenvalue weighted by Crippen LogP contribution is -2.08. The standard InChI is InChI=1S/C13H17FN4O/c1-4-9-11(14)13(17-6-16-9)15-5-10-12(8(2)3)19-7-18-10/h6-8H,4-5H2,1-3H3,(H,15,16,17). The zero-order valence-electron chi connectivity index (χ0n) is 11.3. The summed E-state index contributed by atoms with van der Waals surface area (Å²) in [5, 5.41) is 2.94. The first-order valence-corrected chi connectivity index (χ1v) is 6.29. The van der Waals surface area contributed by atoms with Gasteiger partial charge in [-0.1, -0.05) is 20.8 Å². The molecule has 6 heteroatoms. The molecule has 1 N–H and O–H groups in total. The van der Waals surface area contributed by atoms with Crippen molar-refractivity contribution in [2.75, 3.05) is 5.32 Å². The summed E-state index contributed by atoms with van der Waals surface area (Å²) in [5.41, 5.74) is 1.17. The Morgan fingerprint density at radius 3 is 2.74 bits per heavy atom. The molecule has 2 heterocycles. The monoisotopic (exact) mass is 264 g/mol. The minimum Gasteiger partial charge on any atom is -0.448 e. The summed E-state index contributed by atoms with van der Waals surface area (Å²) < 4.78 is 19.2. The van der Waals surface area contributed by atoms with Crippen LogP contribution in [0.25, 0.3) is 0 Å². The molecule has 0 radical (unpaired) electrons. The van der Waals surface area contributed by atoms with Crippen molar-refractivity contribution in [3.05, 3.63) is 35.7 Å². The number of anilines is 1. The molecule has 2 aromatic heterocycles. The molecule has 5 nitrogen and oxygen atoms in total. The Morgan fingerprint density at radius 2 is 2.05 bits per heavy atom. The number of hydrogen-bond donors (Lipinski definition) is 1. The Balaban J connectivity index is 2.12. The second kappa shape index (κ2) is 5.77. The van der Waals surface area contributed by atoms with Crippen molar-refractivity contribution in [3.8, 4) is 0 Å². The molecule has 2 aromatic rings. The third kappa shape index (κ3) is 2.89. The predicted molar refractivity (Wildman–Crippen MR) is 69.3 cm³/mol. The Bertz CT molecular complexity index is 553. The fourth-order valence-electron chi connectivity index (χ4n) is 1.82. The maximum Gasteiger partial charge on any atom is 0.186 e. The minimum absolute atomic E-state index is 0.199. The van der Waals surface area contributed by atoms with Gasteiger partial charge in [-0.05, 0) is 6.42 Å². The van der Waals surface area contributed by atoms with Crippen LogP contribution in [-0.2, 0) is 13.0 Å². The first-order valence-electron chi connectivity index (χ1n) is 6.29. The summed E-state index contributed by atoms with van der Waals surface area (Å²) in [7, 11) is 0. The molecule has 0 bridgehead atoms. The lowest BCUT2D eigenvalue weighted by atomic mass is 10.1. The molecule has 0 saturated carbocycles. The van der Waals surface area contributed by atoms with Crippen LogP contribution >= 0.6 is 0 Å². The van der Waals surface area contributed by atoms with E-state index in [-0.39, 0.29) is 11.7 Å². The second-order valence-electron chi connectivity index (χ2n) is 4.51. The smallest absolute Gasteiger partial charge is 0.186 e. The van der Waals surface area contributed by atoms with E-state index in [9.17, 15) is 4.39 Å². The van der Waals surface area contributed by atoms with Gasteiger partial charge in [0.25, 0.3) is 0 Å². The molecule has 2 rings (SSSR count). The zero-order chi connectivity index (χ0) is 13.8. The average molecular weight is 264 g/mol. The molecule has 0 amide bonds. The average Bonchev–Trinajstić information content (AvgIpc) is 2.86. The molecular weight excluding hydrogens is 247 g/mol. The van der Waals surface area contributed by atoms with E-state index in [0.717, 1.165) is 11.5 Å². The number of hydrogen-bond acceptors (Lipinski definition) is 5. The molecular formula is C13H17FN4O. The first-order chi connectivity index (χ1) is 9.13. The van der Waals surface area contributed by atoms with E-state index >= 15 is 0 Å². The van der Waals surface area contributed by atoms with Crippen molar-refractivity contribution < 1.29 is 8.81 Å². The lowest BCUT2D eigenvalue weighted by Gasteiger charge is -2.08. The summed E-state index contributed by atoms with van der Waals surface area (Å²) in [5.74, 6) is 0.836. The Labute approximate surface area is 111 Å². The molecule has 19 heavy (non-hydrogen) atoms. The van der Waals surface area contributed by atoms with Crippen molar-refractivity contribution in [1.82, 2.24) is 15.0 Å². The van der Waals surface area contributed by atoms with E-state index in [1.165, 1.54) is 12.7 Å². The van der Waals surface area contributed by atoms with Gasteiger partial charge in [0.2, 0.25) is 0 Å². The van der Waals surface area contributed by atoms with Crippen molar-refractivity contribution >= 4 is 5.82 Å². The summed E-state index contributed by atoms with van der Waals surface area (Å²) in [6.07, 6.45) is 3.29. The highest BCUT2D eigenvalue weighted by Crippen LogP contribution is 2.20. The molecule has 0 aliphatic heterocycles. The molecule has 0 aliphatic carbocycles. The van der Waals surface area contributed by atoms with Crippen molar-refractivity contribution in [1.29, 1.82) is 0 Å². The molecule has 0 atom stereocenters. The number of halogens is 1. The predicted octanol–water partition coefficient (Wildman–Crippen LogP) is 2.90. The third-order valence-corrected chi connectivity index (χ3v) is 2.82. The lowest BCUT2D eigenvalue weighted by molar-refractivity contribution is 0.479. The highest BCUT2D eigenvalue weighted by molar-refractivity contribution is 5.38. The largest absolute Gasteiger partial charge is 0.448 e. The Morgan fingerprint density at radius 1 is 1.26 bits per heavy atom. The van der Waals surface area contributed by atoms with Gasteiger partial charge >= 0.3 is 0 Å². The SMILES string of the molecule is CCc1ncnc(NCc2ncoc2C(C)C)c1F. The maximum absolute atomic E-state index is 13.9. The maximum atomic E-state index is 13.9. The van der Waals surface area contributed by atoms with Gasteiger partial charge in [0.15, 0.2) is 18.0 Å². The highest BCUT2D eigenvalue weighted by atomic mass is 19.1. The van der Waals surface area contributed by atoms with E-state index in [1.807, 2.05) is 20.8 Å². The molecule has 0 fully saturated rings. The summed E-state index contributed by atoms with van der Waals surface area (Å²) in [6.45, 7) is 6.26. The van der Waals surface area contributed by atoms with E-state index in [4.69, 9.17) is 4.42 Å². The van der Waals surface area contributed by atoms with Gasteiger partial charge in [0.05, 0.1) is 12.2 Å². The van der Waals surface area contributed by atoms with Crippen molar-refractivity contribution in [3.63, 3.8) is 0 Å². The summed E-state index contributed by atoms with van der Waals surface area (Å²) in [4.78, 5) is 11.9. The molecule has 0 spiro atoms. The van der Waals surface area contributed by atoms with Gasteiger partial charge in [0.1, 0.15) is 17.8 Å². The van der Waals surface area contributed by atoms with Crippen LogP contribution in [0.1, 0.15) is 43.8 Å². The summed E-state index contributed by atoms with van der Waals surface area (Å²) >= 11 is 0. The van der Waals surface area contributed by atoms with Crippen LogP contribution in [0, 0.1) is 5.82 Å². The second-order valence-corrected chi connectivity index (χ2v) is 4.51. The van der Waals surface area contributed by atoms with Crippen LogP contribution in [0.3, 0.4) is 0 Å². The number of rotatable bonds is 5. The number of aryl methyl sites for hydroxylation is 1. The number of nitrogens with one attached hydrogen (secondary N) is 1. The first kappa shape index (κ1) is 13.5. The highest BCUT2D eigenvalue weighted by Gasteiger charge is 2.14. The molecule has 0 aliphatic rings. The van der Waals surface area contributed by atoms with Crippen LogP contribution < -0.4 is 5.32 Å². The number of nitrogens with zero attached hydrogens (tertiary/aromatic N) is 3. The van der Waals surface area contributed by atoms with Crippen molar-refractivity contribution in [2.45, 2.75) is 39.7 Å². The van der Waals surface area contributed by atoms with Gasteiger partial charge < -0.3 is 9.73 Å². The van der Waals surface area contributed by atoms with E-state index < -0.39 is 5.82 Å². The van der Waals surface area contributed by atoms with Crippen LogP contribution in [0.2, 0.25) is 0 Å². The van der Waals surface area contributed by atoms with E-state index in [1.54, 1.807) is 0 Å². The van der Waals surface area contributed by atoms with Crippen LogP contribution in [0.5, 0.6) is 0 Å². The third-order valence-electron chi connectivity index (χ3n) is 2.82. The van der Waals surface area contributed by atoms with Crippen molar-refractivity contribution in [2.24, 2.45) is 0 Å². The molecule has 0 unspecified atom stereocenters. The number of aromatic nitrogens is 3. The van der Waals surface area contributed by atoms with Crippen LogP contribution in [-0.4, -0.2) is 15.0 Å². The normalized spacial score (nSPS) is 11.0. The zero-order valence-corrected chi connectivity index (χ0v) is 11.3. The topological polar surface area (TPSA) is 63.8 Å². The summed E-state index contributed by atoms with van der Waals surface area (Å²) in [6, 6.07) is 0. The van der Waals surface area contributed by atoms with Crippen LogP contribution in [0.4, 0.5) is 10.2 Å². The fraction of sp³-hybridized carbons (Fsp3) is 0.462. The van der Waals surface area contributed by atoms with Crippen LogP contribution in [0.15, 0.2) is 17.1 Å². The van der Waals surface area contributed by atoms with Gasteiger partial charge in [-0.25, -0.2) is 19.3 Å². The van der Waals surface area contributed by atoms with Gasteiger partial charge in [-0.15, -0.1) is 0 Å². The van der Waals surface area contributed by atoms with Gasteiger partial charge in [0, 0.05) is 5.92 Å². The number of oxazole rings is 1. The van der Waals surface area contributed by atoms with Gasteiger partial charge in [-0.2, -0.15) is 0 Å². The molecule has 102 valence electrons. The Kier molecular flexibility index (Phi) is 4.09. The molecule has 0 aromatic carbocycles. The Hall–Kier alpha value is -1.98. The van der Waals surface area contributed by atoms with Gasteiger partial charge in [-0.3, -0.25) is 0 Å².